The number of rotatable bonds is 5. The highest BCUT2D eigenvalue weighted by molar-refractivity contribution is 7.89. The largest absolute Gasteiger partial charge is 0.324 e. The highest BCUT2D eigenvalue weighted by atomic mass is 32.2. The number of anilines is 2. The van der Waals surface area contributed by atoms with E-state index in [4.69, 9.17) is 0 Å². The van der Waals surface area contributed by atoms with Crippen molar-refractivity contribution in [2.75, 3.05) is 11.6 Å². The number of benzene rings is 2. The van der Waals surface area contributed by atoms with Gasteiger partial charge < -0.3 is 9.88 Å². The Balaban J connectivity index is 1.65. The zero-order valence-electron chi connectivity index (χ0n) is 15.6. The number of fused-ring (bicyclic) bond motifs is 1. The van der Waals surface area contributed by atoms with Crippen molar-refractivity contribution >= 4 is 32.5 Å². The maximum Gasteiger partial charge on any atom is 0.229 e. The van der Waals surface area contributed by atoms with E-state index in [9.17, 15) is 8.42 Å². The Morgan fingerprint density at radius 1 is 1.00 bits per heavy atom. The van der Waals surface area contributed by atoms with E-state index in [1.54, 1.807) is 6.20 Å². The van der Waals surface area contributed by atoms with E-state index in [0.29, 0.717) is 5.95 Å². The van der Waals surface area contributed by atoms with Crippen LogP contribution in [0.15, 0.2) is 67.0 Å². The average Bonchev–Trinajstić information content (AvgIpc) is 3.06. The number of aryl methyl sites for hydroxylation is 1. The molecule has 0 spiro atoms. The van der Waals surface area contributed by atoms with Crippen LogP contribution < -0.4 is 5.32 Å². The number of nitrogens with zero attached hydrogens (tertiary/aromatic N) is 3. The summed E-state index contributed by atoms with van der Waals surface area (Å²) in [5, 5.41) is 4.15. The van der Waals surface area contributed by atoms with Crippen LogP contribution in [0.1, 0.15) is 11.1 Å². The van der Waals surface area contributed by atoms with Crippen LogP contribution in [0.5, 0.6) is 0 Å². The number of nitrogens with one attached hydrogen (secondary N) is 1. The summed E-state index contributed by atoms with van der Waals surface area (Å²) in [6.07, 6.45) is 4.95. The molecule has 6 nitrogen and oxygen atoms in total. The number of hydrogen-bond acceptors (Lipinski definition) is 5. The molecule has 0 amide bonds. The SMILES string of the molecule is Cc1ccc(Nc2ncc3ccn(-c4ccc(CS(C)(=O)=O)cc4)c3n2)cc1. The third kappa shape index (κ3) is 4.04. The van der Waals surface area contributed by atoms with Crippen molar-refractivity contribution < 1.29 is 8.42 Å². The van der Waals surface area contributed by atoms with Gasteiger partial charge in [0.15, 0.2) is 9.84 Å². The Bertz CT molecular complexity index is 1230. The zero-order valence-corrected chi connectivity index (χ0v) is 16.4. The maximum absolute atomic E-state index is 11.5. The first-order valence-corrected chi connectivity index (χ1v) is 10.9. The van der Waals surface area contributed by atoms with Gasteiger partial charge in [0.25, 0.3) is 0 Å². The van der Waals surface area contributed by atoms with Crippen LogP contribution in [0.2, 0.25) is 0 Å². The monoisotopic (exact) mass is 392 g/mol. The lowest BCUT2D eigenvalue weighted by atomic mass is 10.2. The zero-order chi connectivity index (χ0) is 19.7. The van der Waals surface area contributed by atoms with Crippen LogP contribution in [0.25, 0.3) is 16.7 Å². The van der Waals surface area contributed by atoms with Crippen LogP contribution in [-0.4, -0.2) is 29.2 Å². The maximum atomic E-state index is 11.5. The Morgan fingerprint density at radius 3 is 2.39 bits per heavy atom. The number of sulfone groups is 1. The van der Waals surface area contributed by atoms with Gasteiger partial charge in [-0.15, -0.1) is 0 Å². The van der Waals surface area contributed by atoms with Crippen molar-refractivity contribution in [3.63, 3.8) is 0 Å². The molecule has 2 aromatic carbocycles. The van der Waals surface area contributed by atoms with Gasteiger partial charge in [-0.3, -0.25) is 0 Å². The van der Waals surface area contributed by atoms with E-state index in [0.717, 1.165) is 28.0 Å². The summed E-state index contributed by atoms with van der Waals surface area (Å²) in [6, 6.07) is 17.4. The fraction of sp³-hybridized carbons (Fsp3) is 0.143. The first kappa shape index (κ1) is 18.2. The Labute approximate surface area is 163 Å². The number of hydrogen-bond donors (Lipinski definition) is 1. The lowest BCUT2D eigenvalue weighted by Crippen LogP contribution is -2.02. The van der Waals surface area contributed by atoms with Crippen molar-refractivity contribution in [2.45, 2.75) is 12.7 Å². The third-order valence-electron chi connectivity index (χ3n) is 4.38. The molecule has 0 aliphatic heterocycles. The van der Waals surface area contributed by atoms with Gasteiger partial charge >= 0.3 is 0 Å². The molecule has 7 heteroatoms. The molecule has 0 saturated carbocycles. The van der Waals surface area contributed by atoms with E-state index in [-0.39, 0.29) is 5.75 Å². The second-order valence-corrected chi connectivity index (χ2v) is 9.03. The minimum atomic E-state index is -3.05. The third-order valence-corrected chi connectivity index (χ3v) is 5.24. The first-order valence-electron chi connectivity index (χ1n) is 8.82. The Morgan fingerprint density at radius 2 is 1.71 bits per heavy atom. The van der Waals surface area contributed by atoms with Crippen LogP contribution in [0.4, 0.5) is 11.6 Å². The molecule has 2 aromatic heterocycles. The molecule has 0 radical (unpaired) electrons. The van der Waals surface area contributed by atoms with Crippen molar-refractivity contribution in [1.29, 1.82) is 0 Å². The molecule has 2 heterocycles. The summed E-state index contributed by atoms with van der Waals surface area (Å²) < 4.78 is 24.9. The van der Waals surface area contributed by atoms with Crippen molar-refractivity contribution in [1.82, 2.24) is 14.5 Å². The minimum absolute atomic E-state index is 0.0342. The molecule has 0 unspecified atom stereocenters. The van der Waals surface area contributed by atoms with E-state index in [1.165, 1.54) is 11.8 Å². The fourth-order valence-corrected chi connectivity index (χ4v) is 3.81. The molecule has 0 atom stereocenters. The minimum Gasteiger partial charge on any atom is -0.324 e. The van der Waals surface area contributed by atoms with Crippen LogP contribution in [0.3, 0.4) is 0 Å². The first-order chi connectivity index (χ1) is 13.4. The standard InChI is InChI=1S/C21H20N4O2S/c1-15-3-7-18(8-4-15)23-21-22-13-17-11-12-25(20(17)24-21)19-9-5-16(6-10-19)14-28(2,26)27/h3-13H,14H2,1-2H3,(H,22,23,24). The van der Waals surface area contributed by atoms with Gasteiger partial charge in [0, 0.05) is 35.4 Å². The molecule has 0 saturated heterocycles. The summed E-state index contributed by atoms with van der Waals surface area (Å²) >= 11 is 0. The van der Waals surface area contributed by atoms with Crippen LogP contribution in [0, 0.1) is 6.92 Å². The highest BCUT2D eigenvalue weighted by Crippen LogP contribution is 2.22. The molecule has 4 rings (SSSR count). The normalized spacial score (nSPS) is 11.6. The van der Waals surface area contributed by atoms with Gasteiger partial charge in [0.05, 0.1) is 5.75 Å². The van der Waals surface area contributed by atoms with Gasteiger partial charge in [-0.25, -0.2) is 13.4 Å². The lowest BCUT2D eigenvalue weighted by Gasteiger charge is -2.08. The molecular formula is C21H20N4O2S. The molecule has 0 bridgehead atoms. The molecular weight excluding hydrogens is 372 g/mol. The predicted molar refractivity (Wildman–Crippen MR) is 112 cm³/mol. The smallest absolute Gasteiger partial charge is 0.229 e. The molecule has 1 N–H and O–H groups in total. The van der Waals surface area contributed by atoms with Gasteiger partial charge in [0.1, 0.15) is 5.65 Å². The predicted octanol–water partition coefficient (Wildman–Crippen LogP) is 4.02. The van der Waals surface area contributed by atoms with Gasteiger partial charge in [-0.1, -0.05) is 29.8 Å². The fourth-order valence-electron chi connectivity index (χ4n) is 3.01. The van der Waals surface area contributed by atoms with Crippen LogP contribution in [-0.2, 0) is 15.6 Å². The Kier molecular flexibility index (Phi) is 4.60. The average molecular weight is 392 g/mol. The second-order valence-electron chi connectivity index (χ2n) is 6.89. The molecule has 0 aliphatic rings. The summed E-state index contributed by atoms with van der Waals surface area (Å²) in [5.41, 5.74) is 4.56. The van der Waals surface area contributed by atoms with E-state index in [2.05, 4.69) is 15.3 Å². The highest BCUT2D eigenvalue weighted by Gasteiger charge is 2.09. The van der Waals surface area contributed by atoms with E-state index >= 15 is 0 Å². The molecule has 142 valence electrons. The number of aromatic nitrogens is 3. The summed E-state index contributed by atoms with van der Waals surface area (Å²) in [6.45, 7) is 2.04. The summed E-state index contributed by atoms with van der Waals surface area (Å²) in [4.78, 5) is 9.04. The summed E-state index contributed by atoms with van der Waals surface area (Å²) in [5.74, 6) is 0.553. The van der Waals surface area contributed by atoms with Crippen molar-refractivity contribution in [2.24, 2.45) is 0 Å². The van der Waals surface area contributed by atoms with E-state index in [1.807, 2.05) is 72.3 Å². The van der Waals surface area contributed by atoms with Gasteiger partial charge in [0.2, 0.25) is 5.95 Å². The summed E-state index contributed by atoms with van der Waals surface area (Å²) in [7, 11) is -3.05. The van der Waals surface area contributed by atoms with Crippen molar-refractivity contribution in [3.05, 3.63) is 78.1 Å². The van der Waals surface area contributed by atoms with Crippen LogP contribution >= 0.6 is 0 Å². The topological polar surface area (TPSA) is 76.9 Å². The molecule has 0 aliphatic carbocycles. The van der Waals surface area contributed by atoms with Crippen molar-refractivity contribution in [3.8, 4) is 5.69 Å². The van der Waals surface area contributed by atoms with E-state index < -0.39 is 9.84 Å². The molecule has 28 heavy (non-hydrogen) atoms. The van der Waals surface area contributed by atoms with Gasteiger partial charge in [-0.05, 0) is 42.8 Å². The quantitative estimate of drug-likeness (QED) is 0.555. The molecule has 4 aromatic rings. The van der Waals surface area contributed by atoms with Gasteiger partial charge in [-0.2, -0.15) is 4.98 Å². The molecule has 0 fully saturated rings. The Hall–Kier alpha value is -3.19. The second kappa shape index (κ2) is 7.09. The lowest BCUT2D eigenvalue weighted by molar-refractivity contribution is 0.601.